The van der Waals surface area contributed by atoms with E-state index in [4.69, 9.17) is 0 Å². The highest BCUT2D eigenvalue weighted by molar-refractivity contribution is 5.51. The molecule has 0 aliphatic carbocycles. The van der Waals surface area contributed by atoms with E-state index in [9.17, 15) is 0 Å². The molecule has 1 N–H and O–H groups in total. The number of nitrogens with zero attached hydrogens (tertiary/aromatic N) is 1. The lowest BCUT2D eigenvalue weighted by atomic mass is 10.2. The number of nitrogens with one attached hydrogen (secondary N) is 1. The van der Waals surface area contributed by atoms with E-state index in [-0.39, 0.29) is 0 Å². The molecule has 1 aromatic heterocycles. The highest BCUT2D eigenvalue weighted by atomic mass is 14.8. The SMILES string of the molecule is C=C1C=c2ccncc2=CN1. The Kier molecular flexibility index (Phi) is 1.25. The minimum Gasteiger partial charge on any atom is -0.361 e. The van der Waals surface area contributed by atoms with Crippen LogP contribution in [0.2, 0.25) is 0 Å². The summed E-state index contributed by atoms with van der Waals surface area (Å²) in [6, 6.07) is 1.97. The van der Waals surface area contributed by atoms with Crippen molar-refractivity contribution in [2.75, 3.05) is 0 Å². The van der Waals surface area contributed by atoms with E-state index in [1.165, 1.54) is 5.22 Å². The van der Waals surface area contributed by atoms with Crippen LogP contribution >= 0.6 is 0 Å². The summed E-state index contributed by atoms with van der Waals surface area (Å²) in [6.45, 7) is 3.79. The van der Waals surface area contributed by atoms with Gasteiger partial charge in [0.2, 0.25) is 0 Å². The van der Waals surface area contributed by atoms with E-state index < -0.39 is 0 Å². The van der Waals surface area contributed by atoms with E-state index in [2.05, 4.69) is 16.9 Å². The monoisotopic (exact) mass is 144 g/mol. The molecule has 1 aliphatic rings. The zero-order chi connectivity index (χ0) is 7.68. The summed E-state index contributed by atoms with van der Waals surface area (Å²) < 4.78 is 0. The molecule has 0 saturated heterocycles. The van der Waals surface area contributed by atoms with Crippen LogP contribution in [-0.4, -0.2) is 4.98 Å². The Morgan fingerprint density at radius 1 is 1.36 bits per heavy atom. The zero-order valence-corrected chi connectivity index (χ0v) is 6.04. The lowest BCUT2D eigenvalue weighted by Crippen LogP contribution is -2.31. The van der Waals surface area contributed by atoms with Gasteiger partial charge in [0.15, 0.2) is 0 Å². The van der Waals surface area contributed by atoms with Gasteiger partial charge in [-0.15, -0.1) is 0 Å². The fraction of sp³-hybridized carbons (Fsp3) is 0. The van der Waals surface area contributed by atoms with Crippen LogP contribution in [0.25, 0.3) is 12.3 Å². The maximum absolute atomic E-state index is 4.00. The van der Waals surface area contributed by atoms with E-state index in [0.717, 1.165) is 10.9 Å². The first-order chi connectivity index (χ1) is 5.36. The van der Waals surface area contributed by atoms with Crippen molar-refractivity contribution in [2.24, 2.45) is 0 Å². The van der Waals surface area contributed by atoms with Gasteiger partial charge in [-0.2, -0.15) is 0 Å². The Hall–Kier alpha value is -1.57. The fourth-order valence-corrected chi connectivity index (χ4v) is 1.07. The average Bonchev–Trinajstić information content (AvgIpc) is 2.04. The Morgan fingerprint density at radius 2 is 2.27 bits per heavy atom. The van der Waals surface area contributed by atoms with Crippen LogP contribution in [-0.2, 0) is 0 Å². The molecule has 2 nitrogen and oxygen atoms in total. The standard InChI is InChI=1S/C9H8N2/c1-7-4-8-2-3-10-5-9(8)6-11-7/h2-6,11H,1H2. The lowest BCUT2D eigenvalue weighted by Gasteiger charge is -2.03. The molecule has 0 saturated carbocycles. The molecule has 2 rings (SSSR count). The summed E-state index contributed by atoms with van der Waals surface area (Å²) in [7, 11) is 0. The Morgan fingerprint density at radius 3 is 3.18 bits per heavy atom. The largest absolute Gasteiger partial charge is 0.361 e. The zero-order valence-electron chi connectivity index (χ0n) is 6.04. The van der Waals surface area contributed by atoms with Gasteiger partial charge < -0.3 is 5.32 Å². The highest BCUT2D eigenvalue weighted by Crippen LogP contribution is 1.86. The molecule has 1 aliphatic heterocycles. The second kappa shape index (κ2) is 2.23. The quantitative estimate of drug-likeness (QED) is 0.541. The van der Waals surface area contributed by atoms with Crippen molar-refractivity contribution in [2.45, 2.75) is 0 Å². The number of allylic oxidation sites excluding steroid dienone is 1. The van der Waals surface area contributed by atoms with E-state index >= 15 is 0 Å². The molecular formula is C9H8N2. The summed E-state index contributed by atoms with van der Waals surface area (Å²) in [5.41, 5.74) is 0.920. The molecule has 0 amide bonds. The second-order valence-electron chi connectivity index (χ2n) is 2.46. The summed E-state index contributed by atoms with van der Waals surface area (Å²) in [5.74, 6) is 0. The topological polar surface area (TPSA) is 24.9 Å². The van der Waals surface area contributed by atoms with Gasteiger partial charge in [-0.3, -0.25) is 4.98 Å². The van der Waals surface area contributed by atoms with Crippen molar-refractivity contribution in [3.05, 3.63) is 41.2 Å². The lowest BCUT2D eigenvalue weighted by molar-refractivity contribution is 1.16. The van der Waals surface area contributed by atoms with Crippen LogP contribution in [0.5, 0.6) is 0 Å². The van der Waals surface area contributed by atoms with Crippen LogP contribution in [0.4, 0.5) is 0 Å². The minimum atomic E-state index is 0.920. The first kappa shape index (κ1) is 6.16. The van der Waals surface area contributed by atoms with Crippen molar-refractivity contribution in [1.82, 2.24) is 10.3 Å². The Bertz CT molecular complexity index is 404. The molecule has 0 spiro atoms. The van der Waals surface area contributed by atoms with Crippen LogP contribution in [0, 0.1) is 0 Å². The molecule has 0 unspecified atom stereocenters. The highest BCUT2D eigenvalue weighted by Gasteiger charge is 1.92. The van der Waals surface area contributed by atoms with Crippen molar-refractivity contribution in [3.8, 4) is 0 Å². The summed E-state index contributed by atoms with van der Waals surface area (Å²) in [5, 5.41) is 5.30. The van der Waals surface area contributed by atoms with Crippen molar-refractivity contribution in [3.63, 3.8) is 0 Å². The van der Waals surface area contributed by atoms with Gasteiger partial charge in [0.25, 0.3) is 0 Å². The second-order valence-corrected chi connectivity index (χ2v) is 2.46. The Labute approximate surface area is 64.6 Å². The van der Waals surface area contributed by atoms with E-state index in [1.807, 2.05) is 24.5 Å². The molecule has 1 aromatic rings. The first-order valence-corrected chi connectivity index (χ1v) is 3.44. The maximum atomic E-state index is 4.00. The summed E-state index contributed by atoms with van der Waals surface area (Å²) in [4.78, 5) is 4.00. The van der Waals surface area contributed by atoms with Gasteiger partial charge in [-0.05, 0) is 17.4 Å². The number of hydrogen-bond donors (Lipinski definition) is 1. The number of aromatic nitrogens is 1. The van der Waals surface area contributed by atoms with Crippen molar-refractivity contribution >= 4 is 12.3 Å². The van der Waals surface area contributed by atoms with Crippen molar-refractivity contribution < 1.29 is 0 Å². The maximum Gasteiger partial charge on any atom is 0.0361 e. The van der Waals surface area contributed by atoms with E-state index in [1.54, 1.807) is 6.20 Å². The molecule has 0 radical (unpaired) electrons. The van der Waals surface area contributed by atoms with Crippen molar-refractivity contribution in [1.29, 1.82) is 0 Å². The molecule has 0 fully saturated rings. The number of pyridine rings is 1. The summed E-state index contributed by atoms with van der Waals surface area (Å²) >= 11 is 0. The molecule has 2 heteroatoms. The number of fused-ring (bicyclic) bond motifs is 1. The smallest absolute Gasteiger partial charge is 0.0361 e. The van der Waals surface area contributed by atoms with Gasteiger partial charge in [-0.25, -0.2) is 0 Å². The molecular weight excluding hydrogens is 136 g/mol. The molecule has 11 heavy (non-hydrogen) atoms. The van der Waals surface area contributed by atoms with Gasteiger partial charge in [0.1, 0.15) is 0 Å². The molecule has 54 valence electrons. The van der Waals surface area contributed by atoms with Gasteiger partial charge in [-0.1, -0.05) is 6.58 Å². The third kappa shape index (κ3) is 1.03. The van der Waals surface area contributed by atoms with Crippen LogP contribution < -0.4 is 15.8 Å². The van der Waals surface area contributed by atoms with E-state index in [0.29, 0.717) is 0 Å². The average molecular weight is 144 g/mol. The normalized spacial score (nSPS) is 14.0. The minimum absolute atomic E-state index is 0.920. The molecule has 0 aromatic carbocycles. The van der Waals surface area contributed by atoms with Gasteiger partial charge in [0.05, 0.1) is 0 Å². The predicted molar refractivity (Wildman–Crippen MR) is 44.7 cm³/mol. The fourth-order valence-electron chi connectivity index (χ4n) is 1.07. The first-order valence-electron chi connectivity index (χ1n) is 3.44. The molecule has 0 bridgehead atoms. The van der Waals surface area contributed by atoms with Crippen LogP contribution in [0.15, 0.2) is 30.7 Å². The van der Waals surface area contributed by atoms with Crippen LogP contribution in [0.3, 0.4) is 0 Å². The van der Waals surface area contributed by atoms with Gasteiger partial charge in [0, 0.05) is 29.5 Å². The number of rotatable bonds is 0. The predicted octanol–water partition coefficient (Wildman–Crippen LogP) is -0.283. The number of hydrogen-bond acceptors (Lipinski definition) is 2. The molecule has 0 atom stereocenters. The molecule has 2 heterocycles. The summed E-state index contributed by atoms with van der Waals surface area (Å²) in [6.07, 6.45) is 7.51. The Balaban J connectivity index is 2.83. The van der Waals surface area contributed by atoms with Gasteiger partial charge >= 0.3 is 0 Å². The third-order valence-corrected chi connectivity index (χ3v) is 1.63. The van der Waals surface area contributed by atoms with Crippen LogP contribution in [0.1, 0.15) is 0 Å². The third-order valence-electron chi connectivity index (χ3n) is 1.63.